The molecule has 7 nitrogen and oxygen atoms in total. The van der Waals surface area contributed by atoms with Gasteiger partial charge in [0.15, 0.2) is 5.58 Å². The molecule has 0 radical (unpaired) electrons. The fourth-order valence-electron chi connectivity index (χ4n) is 3.35. The van der Waals surface area contributed by atoms with Crippen LogP contribution in [0.2, 0.25) is 0 Å². The molecule has 2 aromatic heterocycles. The molecule has 1 aromatic carbocycles. The summed E-state index contributed by atoms with van der Waals surface area (Å²) in [6.07, 6.45) is 3.85. The second-order valence-corrected chi connectivity index (χ2v) is 6.50. The van der Waals surface area contributed by atoms with Gasteiger partial charge in [0.25, 0.3) is 0 Å². The molecule has 1 aliphatic heterocycles. The van der Waals surface area contributed by atoms with E-state index in [9.17, 15) is 4.79 Å². The highest BCUT2D eigenvalue weighted by molar-refractivity contribution is 5.75. The van der Waals surface area contributed by atoms with Gasteiger partial charge in [-0.2, -0.15) is 5.10 Å². The second-order valence-electron chi connectivity index (χ2n) is 6.50. The molecule has 3 aromatic rings. The fourth-order valence-corrected chi connectivity index (χ4v) is 3.35. The van der Waals surface area contributed by atoms with Crippen molar-refractivity contribution in [3.05, 3.63) is 52.3 Å². The number of aryl methyl sites for hydroxylation is 1. The van der Waals surface area contributed by atoms with E-state index in [1.165, 1.54) is 0 Å². The van der Waals surface area contributed by atoms with Gasteiger partial charge in [-0.1, -0.05) is 12.1 Å². The number of aromatic amines is 1. The molecular formula is C17H20N4O3. The number of nitrogens with one attached hydrogen (secondary N) is 1. The summed E-state index contributed by atoms with van der Waals surface area (Å²) in [6.45, 7) is 5.04. The first-order valence-electron chi connectivity index (χ1n) is 8.00. The molecule has 0 aliphatic carbocycles. The number of ether oxygens (including phenoxy) is 1. The lowest BCUT2D eigenvalue weighted by molar-refractivity contribution is -0.105. The Kier molecular flexibility index (Phi) is 3.54. The van der Waals surface area contributed by atoms with E-state index >= 15 is 0 Å². The monoisotopic (exact) mass is 328 g/mol. The van der Waals surface area contributed by atoms with E-state index in [4.69, 9.17) is 9.15 Å². The summed E-state index contributed by atoms with van der Waals surface area (Å²) in [4.78, 5) is 16.5. The maximum Gasteiger partial charge on any atom is 0.417 e. The molecular weight excluding hydrogens is 308 g/mol. The Labute approximate surface area is 138 Å². The molecule has 4 rings (SSSR count). The molecule has 0 bridgehead atoms. The van der Waals surface area contributed by atoms with Gasteiger partial charge < -0.3 is 9.15 Å². The van der Waals surface area contributed by atoms with Crippen molar-refractivity contribution in [1.82, 2.24) is 19.7 Å². The third-order valence-electron chi connectivity index (χ3n) is 4.59. The molecule has 0 saturated carbocycles. The Balaban J connectivity index is 1.59. The number of hydrogen-bond donors (Lipinski definition) is 1. The number of oxazole rings is 1. The molecule has 7 heteroatoms. The number of fused-ring (bicyclic) bond motifs is 1. The van der Waals surface area contributed by atoms with Crippen LogP contribution in [0.3, 0.4) is 0 Å². The molecule has 126 valence electrons. The molecule has 1 atom stereocenters. The van der Waals surface area contributed by atoms with Crippen LogP contribution >= 0.6 is 0 Å². The number of H-pyrrole nitrogens is 1. The lowest BCUT2D eigenvalue weighted by atomic mass is 9.96. The van der Waals surface area contributed by atoms with Crippen LogP contribution in [0, 0.1) is 0 Å². The summed E-state index contributed by atoms with van der Waals surface area (Å²) in [6, 6.07) is 5.78. The molecule has 3 heterocycles. The molecule has 0 spiro atoms. The average molecular weight is 328 g/mol. The Hall–Kier alpha value is -2.38. The predicted octanol–water partition coefficient (Wildman–Crippen LogP) is 1.60. The van der Waals surface area contributed by atoms with Gasteiger partial charge in [0, 0.05) is 44.0 Å². The first kappa shape index (κ1) is 15.2. The van der Waals surface area contributed by atoms with Crippen molar-refractivity contribution in [1.29, 1.82) is 0 Å². The predicted molar refractivity (Wildman–Crippen MR) is 88.6 cm³/mol. The third kappa shape index (κ3) is 2.65. The zero-order valence-corrected chi connectivity index (χ0v) is 13.8. The Bertz CT molecular complexity index is 925. The quantitative estimate of drug-likeness (QED) is 0.790. The molecule has 24 heavy (non-hydrogen) atoms. The van der Waals surface area contributed by atoms with E-state index in [0.29, 0.717) is 18.7 Å². The molecule has 1 N–H and O–H groups in total. The molecule has 1 aliphatic rings. The van der Waals surface area contributed by atoms with E-state index in [0.717, 1.165) is 29.7 Å². The highest BCUT2D eigenvalue weighted by atomic mass is 16.5. The van der Waals surface area contributed by atoms with Gasteiger partial charge in [-0.05, 0) is 13.0 Å². The maximum absolute atomic E-state index is 11.5. The minimum atomic E-state index is -0.417. The minimum absolute atomic E-state index is 0.389. The number of aromatic nitrogens is 3. The van der Waals surface area contributed by atoms with E-state index in [1.54, 1.807) is 4.68 Å². The van der Waals surface area contributed by atoms with Gasteiger partial charge >= 0.3 is 5.76 Å². The average Bonchev–Trinajstić information content (AvgIpc) is 3.13. The van der Waals surface area contributed by atoms with Crippen molar-refractivity contribution in [2.45, 2.75) is 19.1 Å². The number of nitrogens with zero attached hydrogens (tertiary/aromatic N) is 3. The summed E-state index contributed by atoms with van der Waals surface area (Å²) in [5.41, 5.74) is 3.06. The highest BCUT2D eigenvalue weighted by Crippen LogP contribution is 2.30. The van der Waals surface area contributed by atoms with Crippen molar-refractivity contribution < 1.29 is 9.15 Å². The second kappa shape index (κ2) is 5.61. The van der Waals surface area contributed by atoms with Crippen molar-refractivity contribution in [2.24, 2.45) is 7.05 Å². The number of rotatable bonds is 3. The first-order valence-corrected chi connectivity index (χ1v) is 8.00. The minimum Gasteiger partial charge on any atom is -0.408 e. The van der Waals surface area contributed by atoms with E-state index in [2.05, 4.69) is 21.9 Å². The summed E-state index contributed by atoms with van der Waals surface area (Å²) in [7, 11) is 1.90. The van der Waals surface area contributed by atoms with Crippen LogP contribution in [0.5, 0.6) is 0 Å². The molecule has 1 unspecified atom stereocenters. The Morgan fingerprint density at radius 1 is 1.42 bits per heavy atom. The van der Waals surface area contributed by atoms with E-state index in [1.807, 2.05) is 37.6 Å². The zero-order chi connectivity index (χ0) is 16.7. The van der Waals surface area contributed by atoms with Crippen molar-refractivity contribution in [3.8, 4) is 0 Å². The van der Waals surface area contributed by atoms with Gasteiger partial charge in [0.1, 0.15) is 5.60 Å². The van der Waals surface area contributed by atoms with Crippen LogP contribution in [-0.2, 0) is 23.9 Å². The van der Waals surface area contributed by atoms with Crippen LogP contribution in [-0.4, -0.2) is 39.4 Å². The molecule has 1 fully saturated rings. The van der Waals surface area contributed by atoms with Gasteiger partial charge in [-0.3, -0.25) is 14.6 Å². The van der Waals surface area contributed by atoms with Crippen LogP contribution in [0.4, 0.5) is 0 Å². The Morgan fingerprint density at radius 2 is 2.29 bits per heavy atom. The van der Waals surface area contributed by atoms with Crippen LogP contribution in [0.1, 0.15) is 18.1 Å². The summed E-state index contributed by atoms with van der Waals surface area (Å²) >= 11 is 0. The number of benzene rings is 1. The van der Waals surface area contributed by atoms with Gasteiger partial charge in [-0.15, -0.1) is 0 Å². The third-order valence-corrected chi connectivity index (χ3v) is 4.59. The van der Waals surface area contributed by atoms with Crippen LogP contribution in [0.15, 0.2) is 39.8 Å². The van der Waals surface area contributed by atoms with E-state index < -0.39 is 5.76 Å². The van der Waals surface area contributed by atoms with Crippen molar-refractivity contribution in [2.75, 3.05) is 19.7 Å². The smallest absolute Gasteiger partial charge is 0.408 e. The molecule has 1 saturated heterocycles. The van der Waals surface area contributed by atoms with Gasteiger partial charge in [0.05, 0.1) is 18.3 Å². The van der Waals surface area contributed by atoms with E-state index in [-0.39, 0.29) is 5.60 Å². The summed E-state index contributed by atoms with van der Waals surface area (Å²) < 4.78 is 13.1. The van der Waals surface area contributed by atoms with Gasteiger partial charge in [-0.25, -0.2) is 4.79 Å². The van der Waals surface area contributed by atoms with Crippen molar-refractivity contribution in [3.63, 3.8) is 0 Å². The number of para-hydroxylation sites is 1. The topological polar surface area (TPSA) is 76.3 Å². The van der Waals surface area contributed by atoms with Crippen molar-refractivity contribution >= 4 is 11.1 Å². The summed E-state index contributed by atoms with van der Waals surface area (Å²) in [5, 5.41) is 4.25. The first-order chi connectivity index (χ1) is 11.5. The van der Waals surface area contributed by atoms with Crippen LogP contribution < -0.4 is 5.76 Å². The van der Waals surface area contributed by atoms with Crippen LogP contribution in [0.25, 0.3) is 11.1 Å². The zero-order valence-electron chi connectivity index (χ0n) is 13.8. The normalized spacial score (nSPS) is 22.2. The fraction of sp³-hybridized carbons (Fsp3) is 0.412. The standard InChI is InChI=1S/C17H20N4O3/c1-17(13-8-18-20(2)10-13)11-21(6-7-23-17)9-12-4-3-5-14-15(12)24-16(22)19-14/h3-5,8,10H,6-7,9,11H2,1-2H3,(H,19,22). The highest BCUT2D eigenvalue weighted by Gasteiger charge is 2.35. The Morgan fingerprint density at radius 3 is 3.08 bits per heavy atom. The molecule has 0 amide bonds. The lowest BCUT2D eigenvalue weighted by Crippen LogP contribution is -2.47. The SMILES string of the molecule is Cn1cc(C2(C)CN(Cc3cccc4[nH]c(=O)oc34)CCO2)cn1. The lowest BCUT2D eigenvalue weighted by Gasteiger charge is -2.40. The summed E-state index contributed by atoms with van der Waals surface area (Å²) in [5.74, 6) is -0.417. The largest absolute Gasteiger partial charge is 0.417 e. The number of morpholine rings is 1. The number of hydrogen-bond acceptors (Lipinski definition) is 5. The van der Waals surface area contributed by atoms with Gasteiger partial charge in [0.2, 0.25) is 0 Å². The maximum atomic E-state index is 11.5.